The van der Waals surface area contributed by atoms with E-state index in [0.717, 1.165) is 26.2 Å². The van der Waals surface area contributed by atoms with Crippen LogP contribution in [-0.4, -0.2) is 59.6 Å². The average molecular weight is 392 g/mol. The number of hydrazine groups is 1. The quantitative estimate of drug-likeness (QED) is 0.604. The van der Waals surface area contributed by atoms with E-state index in [2.05, 4.69) is 33.1 Å². The van der Waals surface area contributed by atoms with Crippen molar-refractivity contribution in [3.05, 3.63) is 28.2 Å². The number of rotatable bonds is 4. The number of nitrogens with one attached hydrogen (secondary N) is 3. The molecule has 0 bridgehead atoms. The molecule has 0 radical (unpaired) electrons. The third kappa shape index (κ3) is 4.05. The minimum atomic E-state index is -3.58. The topological polar surface area (TPSA) is 82.9 Å². The zero-order valence-corrected chi connectivity index (χ0v) is 14.9. The summed E-state index contributed by atoms with van der Waals surface area (Å²) in [6, 6.07) is 4.38. The maximum atomic E-state index is 12.4. The van der Waals surface area contributed by atoms with Crippen LogP contribution in [0.3, 0.4) is 0 Å². The Morgan fingerprint density at radius 3 is 2.55 bits per heavy atom. The smallest absolute Gasteiger partial charge is 0.266 e. The zero-order chi connectivity index (χ0) is 16.3. The second kappa shape index (κ2) is 7.05. The SMILES string of the molecule is CNS(=O)(=O)c1ccc(Br)c(C(=O)NN2CC[NH+](C)CC2)c1. The number of hydrogen-bond acceptors (Lipinski definition) is 4. The van der Waals surface area contributed by atoms with Gasteiger partial charge in [0.25, 0.3) is 5.91 Å². The molecular formula is C13H20BrN4O3S+. The number of piperazine rings is 1. The predicted octanol–water partition coefficient (Wildman–Crippen LogP) is -1.17. The van der Waals surface area contributed by atoms with Crippen LogP contribution in [0.5, 0.6) is 0 Å². The van der Waals surface area contributed by atoms with E-state index in [1.165, 1.54) is 24.1 Å². The molecule has 22 heavy (non-hydrogen) atoms. The Morgan fingerprint density at radius 2 is 1.95 bits per heavy atom. The van der Waals surface area contributed by atoms with E-state index in [4.69, 9.17) is 0 Å². The largest absolute Gasteiger partial charge is 0.335 e. The summed E-state index contributed by atoms with van der Waals surface area (Å²) in [6.45, 7) is 3.44. The predicted molar refractivity (Wildman–Crippen MR) is 86.0 cm³/mol. The molecule has 9 heteroatoms. The second-order valence-corrected chi connectivity index (χ2v) is 7.98. The van der Waals surface area contributed by atoms with Crippen molar-refractivity contribution in [2.45, 2.75) is 4.90 Å². The molecule has 1 amide bonds. The highest BCUT2D eigenvalue weighted by Crippen LogP contribution is 2.21. The van der Waals surface area contributed by atoms with E-state index in [1.807, 2.05) is 5.01 Å². The van der Waals surface area contributed by atoms with Crippen LogP contribution in [0.2, 0.25) is 0 Å². The van der Waals surface area contributed by atoms with Crippen molar-refractivity contribution in [1.29, 1.82) is 0 Å². The minimum absolute atomic E-state index is 0.0613. The maximum Gasteiger partial charge on any atom is 0.266 e. The summed E-state index contributed by atoms with van der Waals surface area (Å²) in [4.78, 5) is 13.9. The van der Waals surface area contributed by atoms with Crippen LogP contribution in [0.4, 0.5) is 0 Å². The van der Waals surface area contributed by atoms with E-state index in [9.17, 15) is 13.2 Å². The number of sulfonamides is 1. The minimum Gasteiger partial charge on any atom is -0.335 e. The lowest BCUT2D eigenvalue weighted by Gasteiger charge is -2.30. The molecule has 122 valence electrons. The lowest BCUT2D eigenvalue weighted by Crippen LogP contribution is -3.12. The fourth-order valence-electron chi connectivity index (χ4n) is 2.17. The highest BCUT2D eigenvalue weighted by molar-refractivity contribution is 9.10. The van der Waals surface area contributed by atoms with Crippen LogP contribution in [-0.2, 0) is 10.0 Å². The highest BCUT2D eigenvalue weighted by atomic mass is 79.9. The lowest BCUT2D eigenvalue weighted by molar-refractivity contribution is -0.884. The fraction of sp³-hybridized carbons (Fsp3) is 0.462. The first kappa shape index (κ1) is 17.4. The van der Waals surface area contributed by atoms with Gasteiger partial charge in [0.1, 0.15) is 0 Å². The van der Waals surface area contributed by atoms with E-state index < -0.39 is 10.0 Å². The summed E-state index contributed by atoms with van der Waals surface area (Å²) in [6.07, 6.45) is 0. The molecule has 2 rings (SSSR count). The lowest BCUT2D eigenvalue weighted by atomic mass is 10.2. The third-order valence-corrected chi connectivity index (χ3v) is 5.74. The van der Waals surface area contributed by atoms with Gasteiger partial charge in [-0.2, -0.15) is 0 Å². The Bertz CT molecular complexity index is 657. The van der Waals surface area contributed by atoms with Gasteiger partial charge < -0.3 is 4.90 Å². The fourth-order valence-corrected chi connectivity index (χ4v) is 3.35. The number of benzene rings is 1. The molecule has 1 aromatic rings. The molecule has 0 spiro atoms. The van der Waals surface area contributed by atoms with Gasteiger partial charge in [-0.25, -0.2) is 18.1 Å². The van der Waals surface area contributed by atoms with Gasteiger partial charge in [0.2, 0.25) is 10.0 Å². The monoisotopic (exact) mass is 391 g/mol. The summed E-state index contributed by atoms with van der Waals surface area (Å²) in [7, 11) is -0.129. The first-order valence-electron chi connectivity index (χ1n) is 6.94. The summed E-state index contributed by atoms with van der Waals surface area (Å²) < 4.78 is 26.5. The molecule has 1 saturated heterocycles. The van der Waals surface area contributed by atoms with Gasteiger partial charge in [0.15, 0.2) is 0 Å². The molecular weight excluding hydrogens is 372 g/mol. The van der Waals surface area contributed by atoms with Gasteiger partial charge >= 0.3 is 0 Å². The Morgan fingerprint density at radius 1 is 1.32 bits per heavy atom. The molecule has 0 atom stereocenters. The van der Waals surface area contributed by atoms with Crippen LogP contribution in [0.15, 0.2) is 27.6 Å². The molecule has 3 N–H and O–H groups in total. The van der Waals surface area contributed by atoms with E-state index >= 15 is 0 Å². The molecule has 7 nitrogen and oxygen atoms in total. The third-order valence-electron chi connectivity index (χ3n) is 3.64. The average Bonchev–Trinajstić information content (AvgIpc) is 2.49. The summed E-state index contributed by atoms with van der Waals surface area (Å²) in [5.74, 6) is -0.320. The summed E-state index contributed by atoms with van der Waals surface area (Å²) >= 11 is 3.30. The van der Waals surface area contributed by atoms with Gasteiger partial charge in [0, 0.05) is 4.47 Å². The molecule has 0 aliphatic carbocycles. The molecule has 1 aromatic carbocycles. The Kier molecular flexibility index (Phi) is 5.56. The number of amides is 1. The van der Waals surface area contributed by atoms with Crippen molar-refractivity contribution in [2.24, 2.45) is 0 Å². The zero-order valence-electron chi connectivity index (χ0n) is 12.5. The van der Waals surface area contributed by atoms with E-state index in [0.29, 0.717) is 10.0 Å². The first-order valence-corrected chi connectivity index (χ1v) is 9.21. The molecule has 0 aromatic heterocycles. The second-order valence-electron chi connectivity index (χ2n) is 5.23. The van der Waals surface area contributed by atoms with Crippen molar-refractivity contribution in [3.63, 3.8) is 0 Å². The maximum absolute atomic E-state index is 12.4. The highest BCUT2D eigenvalue weighted by Gasteiger charge is 2.21. The van der Waals surface area contributed by atoms with Crippen molar-refractivity contribution in [1.82, 2.24) is 15.2 Å². The van der Waals surface area contributed by atoms with Crippen LogP contribution in [0.1, 0.15) is 10.4 Å². The molecule has 0 saturated carbocycles. The number of hydrogen-bond donors (Lipinski definition) is 3. The first-order chi connectivity index (χ1) is 10.3. The molecule has 1 fully saturated rings. The molecule has 0 unspecified atom stereocenters. The molecule has 1 aliphatic rings. The Hall–Kier alpha value is -1.00. The molecule has 1 aliphatic heterocycles. The van der Waals surface area contributed by atoms with E-state index in [-0.39, 0.29) is 10.8 Å². The molecule has 1 heterocycles. The number of quaternary nitrogens is 1. The van der Waals surface area contributed by atoms with E-state index in [1.54, 1.807) is 6.07 Å². The Labute approximate surface area is 138 Å². The number of carbonyl (C=O) groups excluding carboxylic acids is 1. The normalized spacial score (nSPS) is 17.4. The van der Waals surface area contributed by atoms with Crippen molar-refractivity contribution < 1.29 is 18.1 Å². The van der Waals surface area contributed by atoms with Crippen LogP contribution < -0.4 is 15.0 Å². The number of likely N-dealkylation sites (N-methyl/N-ethyl adjacent to an activating group) is 1. The van der Waals surface area contributed by atoms with Gasteiger partial charge in [0.05, 0.1) is 43.7 Å². The number of nitrogens with zero attached hydrogens (tertiary/aromatic N) is 1. The van der Waals surface area contributed by atoms with Crippen LogP contribution >= 0.6 is 15.9 Å². The van der Waals surface area contributed by atoms with Gasteiger partial charge in [-0.05, 0) is 41.2 Å². The number of halogens is 1. The van der Waals surface area contributed by atoms with Crippen LogP contribution in [0.25, 0.3) is 0 Å². The standard InChI is InChI=1S/C13H19BrN4O3S/c1-15-22(20,21)10-3-4-12(14)11(9-10)13(19)16-18-7-5-17(2)6-8-18/h3-4,9,15H,5-8H2,1-2H3,(H,16,19)/p+1. The van der Waals surface area contributed by atoms with Crippen LogP contribution in [0, 0.1) is 0 Å². The van der Waals surface area contributed by atoms with Crippen molar-refractivity contribution >= 4 is 31.9 Å². The Balaban J connectivity index is 2.17. The summed E-state index contributed by atoms with van der Waals surface area (Å²) in [5, 5.41) is 1.86. The van der Waals surface area contributed by atoms with Gasteiger partial charge in [-0.15, -0.1) is 0 Å². The summed E-state index contributed by atoms with van der Waals surface area (Å²) in [5.41, 5.74) is 3.12. The van der Waals surface area contributed by atoms with Crippen molar-refractivity contribution in [2.75, 3.05) is 40.3 Å². The van der Waals surface area contributed by atoms with Gasteiger partial charge in [-0.1, -0.05) is 0 Å². The number of carbonyl (C=O) groups is 1. The van der Waals surface area contributed by atoms with Gasteiger partial charge in [-0.3, -0.25) is 10.2 Å². The van der Waals surface area contributed by atoms with Crippen molar-refractivity contribution in [3.8, 4) is 0 Å².